The summed E-state index contributed by atoms with van der Waals surface area (Å²) < 4.78 is 5.05. The SMILES string of the molecule is CCc1cc(-c2cccnn2)no1. The van der Waals surface area contributed by atoms with Crippen LogP contribution in [0.25, 0.3) is 11.4 Å². The van der Waals surface area contributed by atoms with E-state index in [1.807, 2.05) is 25.1 Å². The van der Waals surface area contributed by atoms with Crippen molar-refractivity contribution >= 4 is 0 Å². The average Bonchev–Trinajstić information content (AvgIpc) is 2.67. The van der Waals surface area contributed by atoms with E-state index < -0.39 is 0 Å². The second kappa shape index (κ2) is 3.35. The van der Waals surface area contributed by atoms with E-state index in [2.05, 4.69) is 15.4 Å². The summed E-state index contributed by atoms with van der Waals surface area (Å²) in [7, 11) is 0. The summed E-state index contributed by atoms with van der Waals surface area (Å²) in [5, 5.41) is 11.6. The number of hydrogen-bond acceptors (Lipinski definition) is 4. The first kappa shape index (κ1) is 7.91. The van der Waals surface area contributed by atoms with Crippen molar-refractivity contribution in [2.24, 2.45) is 0 Å². The fraction of sp³-hybridized carbons (Fsp3) is 0.222. The van der Waals surface area contributed by atoms with Gasteiger partial charge in [0.25, 0.3) is 0 Å². The Morgan fingerprint density at radius 1 is 1.38 bits per heavy atom. The highest BCUT2D eigenvalue weighted by atomic mass is 16.5. The van der Waals surface area contributed by atoms with Crippen LogP contribution in [-0.4, -0.2) is 15.4 Å². The van der Waals surface area contributed by atoms with Crippen LogP contribution in [0.1, 0.15) is 12.7 Å². The van der Waals surface area contributed by atoms with Gasteiger partial charge in [0.2, 0.25) is 0 Å². The third kappa shape index (κ3) is 1.56. The van der Waals surface area contributed by atoms with E-state index >= 15 is 0 Å². The van der Waals surface area contributed by atoms with Gasteiger partial charge in [0.1, 0.15) is 17.1 Å². The zero-order valence-electron chi connectivity index (χ0n) is 7.27. The molecular formula is C9H9N3O. The minimum atomic E-state index is 0.741. The van der Waals surface area contributed by atoms with E-state index in [-0.39, 0.29) is 0 Å². The highest BCUT2D eigenvalue weighted by molar-refractivity contribution is 5.52. The van der Waals surface area contributed by atoms with Crippen molar-refractivity contribution in [3.05, 3.63) is 30.2 Å². The Bertz CT molecular complexity index is 383. The Kier molecular flexibility index (Phi) is 2.04. The lowest BCUT2D eigenvalue weighted by molar-refractivity contribution is 0.388. The van der Waals surface area contributed by atoms with Crippen LogP contribution in [0, 0.1) is 0 Å². The Hall–Kier alpha value is -1.71. The van der Waals surface area contributed by atoms with E-state index in [1.54, 1.807) is 6.20 Å². The van der Waals surface area contributed by atoms with Crippen LogP contribution in [0.2, 0.25) is 0 Å². The lowest BCUT2D eigenvalue weighted by Gasteiger charge is -1.88. The molecule has 0 saturated carbocycles. The van der Waals surface area contributed by atoms with Crippen LogP contribution in [0.15, 0.2) is 28.9 Å². The van der Waals surface area contributed by atoms with Gasteiger partial charge >= 0.3 is 0 Å². The van der Waals surface area contributed by atoms with Crippen LogP contribution >= 0.6 is 0 Å². The topological polar surface area (TPSA) is 51.8 Å². The van der Waals surface area contributed by atoms with E-state index in [0.29, 0.717) is 0 Å². The summed E-state index contributed by atoms with van der Waals surface area (Å²) in [6.45, 7) is 2.01. The van der Waals surface area contributed by atoms with Crippen molar-refractivity contribution in [3.8, 4) is 11.4 Å². The smallest absolute Gasteiger partial charge is 0.137 e. The molecule has 0 amide bonds. The first-order valence-corrected chi connectivity index (χ1v) is 4.14. The van der Waals surface area contributed by atoms with Gasteiger partial charge in [0.15, 0.2) is 0 Å². The minimum absolute atomic E-state index is 0.741. The molecule has 4 nitrogen and oxygen atoms in total. The summed E-state index contributed by atoms with van der Waals surface area (Å²) >= 11 is 0. The first-order valence-electron chi connectivity index (χ1n) is 4.14. The molecule has 66 valence electrons. The summed E-state index contributed by atoms with van der Waals surface area (Å²) in [5.41, 5.74) is 1.48. The van der Waals surface area contributed by atoms with Gasteiger partial charge in [0, 0.05) is 18.7 Å². The number of aryl methyl sites for hydroxylation is 1. The second-order valence-corrected chi connectivity index (χ2v) is 2.64. The van der Waals surface area contributed by atoms with E-state index in [9.17, 15) is 0 Å². The molecule has 0 aliphatic rings. The maximum Gasteiger partial charge on any atom is 0.137 e. The van der Waals surface area contributed by atoms with Gasteiger partial charge in [-0.05, 0) is 12.1 Å². The van der Waals surface area contributed by atoms with Crippen molar-refractivity contribution in [3.63, 3.8) is 0 Å². The highest BCUT2D eigenvalue weighted by Crippen LogP contribution is 2.15. The maximum absolute atomic E-state index is 5.05. The molecule has 0 saturated heterocycles. The summed E-state index contributed by atoms with van der Waals surface area (Å²) in [6.07, 6.45) is 2.47. The van der Waals surface area contributed by atoms with Crippen LogP contribution < -0.4 is 0 Å². The predicted molar refractivity (Wildman–Crippen MR) is 46.9 cm³/mol. The average molecular weight is 175 g/mol. The summed E-state index contributed by atoms with van der Waals surface area (Å²) in [6, 6.07) is 5.55. The largest absolute Gasteiger partial charge is 0.361 e. The lowest BCUT2D eigenvalue weighted by atomic mass is 10.2. The highest BCUT2D eigenvalue weighted by Gasteiger charge is 2.05. The lowest BCUT2D eigenvalue weighted by Crippen LogP contribution is -1.84. The van der Waals surface area contributed by atoms with Crippen molar-refractivity contribution in [2.45, 2.75) is 13.3 Å². The van der Waals surface area contributed by atoms with E-state index in [1.165, 1.54) is 0 Å². The maximum atomic E-state index is 5.05. The molecule has 2 heterocycles. The van der Waals surface area contributed by atoms with Crippen LogP contribution in [0.4, 0.5) is 0 Å². The Labute approximate surface area is 75.6 Å². The molecule has 0 N–H and O–H groups in total. The molecule has 2 rings (SSSR count). The fourth-order valence-corrected chi connectivity index (χ4v) is 1.04. The minimum Gasteiger partial charge on any atom is -0.361 e. The Morgan fingerprint density at radius 3 is 2.92 bits per heavy atom. The van der Waals surface area contributed by atoms with Gasteiger partial charge in [-0.1, -0.05) is 12.1 Å². The van der Waals surface area contributed by atoms with Crippen LogP contribution in [0.3, 0.4) is 0 Å². The van der Waals surface area contributed by atoms with Gasteiger partial charge in [-0.15, -0.1) is 5.10 Å². The fourth-order valence-electron chi connectivity index (χ4n) is 1.04. The number of aromatic nitrogens is 3. The van der Waals surface area contributed by atoms with Gasteiger partial charge in [-0.2, -0.15) is 5.10 Å². The molecule has 0 radical (unpaired) electrons. The van der Waals surface area contributed by atoms with Crippen LogP contribution in [0.5, 0.6) is 0 Å². The van der Waals surface area contributed by atoms with Gasteiger partial charge < -0.3 is 4.52 Å². The quantitative estimate of drug-likeness (QED) is 0.697. The molecule has 0 atom stereocenters. The van der Waals surface area contributed by atoms with Crippen molar-refractivity contribution in [1.29, 1.82) is 0 Å². The third-order valence-corrected chi connectivity index (χ3v) is 1.74. The monoisotopic (exact) mass is 175 g/mol. The zero-order valence-corrected chi connectivity index (χ0v) is 7.27. The van der Waals surface area contributed by atoms with E-state index in [0.717, 1.165) is 23.6 Å². The molecule has 0 aliphatic carbocycles. The Morgan fingerprint density at radius 2 is 2.31 bits per heavy atom. The molecule has 0 aliphatic heterocycles. The second-order valence-electron chi connectivity index (χ2n) is 2.64. The number of rotatable bonds is 2. The molecule has 2 aromatic rings. The normalized spacial score (nSPS) is 10.2. The molecule has 2 aromatic heterocycles. The number of nitrogens with zero attached hydrogens (tertiary/aromatic N) is 3. The van der Waals surface area contributed by atoms with Gasteiger partial charge in [-0.3, -0.25) is 0 Å². The standard InChI is InChI=1S/C9H9N3O/c1-2-7-6-9(12-13-7)8-4-3-5-10-11-8/h3-6H,2H2,1H3. The third-order valence-electron chi connectivity index (χ3n) is 1.74. The summed E-state index contributed by atoms with van der Waals surface area (Å²) in [4.78, 5) is 0. The molecule has 0 bridgehead atoms. The summed E-state index contributed by atoms with van der Waals surface area (Å²) in [5.74, 6) is 0.862. The molecule has 4 heteroatoms. The van der Waals surface area contributed by atoms with Crippen molar-refractivity contribution in [2.75, 3.05) is 0 Å². The molecule has 0 fully saturated rings. The first-order chi connectivity index (χ1) is 6.40. The van der Waals surface area contributed by atoms with Crippen LogP contribution in [-0.2, 0) is 6.42 Å². The predicted octanol–water partition coefficient (Wildman–Crippen LogP) is 1.69. The molecule has 13 heavy (non-hydrogen) atoms. The number of hydrogen-bond donors (Lipinski definition) is 0. The van der Waals surface area contributed by atoms with E-state index in [4.69, 9.17) is 4.52 Å². The van der Waals surface area contributed by atoms with Gasteiger partial charge in [-0.25, -0.2) is 0 Å². The molecule has 0 spiro atoms. The zero-order chi connectivity index (χ0) is 9.10. The Balaban J connectivity index is 2.36. The molecular weight excluding hydrogens is 166 g/mol. The van der Waals surface area contributed by atoms with Gasteiger partial charge in [0.05, 0.1) is 0 Å². The molecule has 0 unspecified atom stereocenters. The molecule has 0 aromatic carbocycles. The van der Waals surface area contributed by atoms with Crippen molar-refractivity contribution in [1.82, 2.24) is 15.4 Å². The van der Waals surface area contributed by atoms with Crippen molar-refractivity contribution < 1.29 is 4.52 Å².